The molecular weight excluding hydrogens is 721 g/mol. The molecule has 2 aliphatic rings. The van der Waals surface area contributed by atoms with E-state index in [1.807, 2.05) is 0 Å². The van der Waals surface area contributed by atoms with Gasteiger partial charge in [0.15, 0.2) is 24.4 Å². The molecule has 2 aliphatic carbocycles. The van der Waals surface area contributed by atoms with Crippen LogP contribution in [0.25, 0.3) is 0 Å². The Hall–Kier alpha value is -3.27. The molecule has 0 saturated heterocycles. The second-order valence-corrected chi connectivity index (χ2v) is 19.7. The van der Waals surface area contributed by atoms with Gasteiger partial charge in [-0.05, 0) is 79.1 Å². The number of rotatable bonds is 13. The summed E-state index contributed by atoms with van der Waals surface area (Å²) in [7, 11) is -6.87. The minimum Gasteiger partial charge on any atom is -0.480 e. The Balaban J connectivity index is 0.000000829. The summed E-state index contributed by atoms with van der Waals surface area (Å²) in [6.07, 6.45) is 16.3. The molecule has 0 spiro atoms. The van der Waals surface area contributed by atoms with Gasteiger partial charge in [0.2, 0.25) is 0 Å². The van der Waals surface area contributed by atoms with E-state index in [0.717, 1.165) is 90.6 Å². The summed E-state index contributed by atoms with van der Waals surface area (Å²) in [6, 6.07) is 0. The Morgan fingerprint density at radius 1 is 0.615 bits per heavy atom. The van der Waals surface area contributed by atoms with Gasteiger partial charge in [-0.15, -0.1) is 0 Å². The lowest BCUT2D eigenvalue weighted by Crippen LogP contribution is -2.39. The number of aliphatic carboxylic acids is 2. The first-order valence-electron chi connectivity index (χ1n) is 17.6. The standard InChI is InChI=1S/C18H30O6S.C13H20O4.C5H10O4S/c1-14(17(20)23-13-18(2,3)25(4,21)22)12-16(19)24-15-10-8-6-5-7-9-11-15;1-10(13(15)16)9-12(14)17-11-7-5-3-2-4-6-8-11;1-5(2,4(6)7)10(3,8)9/h15H,1,5-13H2,2-4H3;11H,1-9H2,(H,15,16);1-3H3,(H,6,7). The smallest absolute Gasteiger partial charge is 0.334 e. The molecule has 2 saturated carbocycles. The van der Waals surface area contributed by atoms with Crippen molar-refractivity contribution in [2.45, 2.75) is 152 Å². The van der Waals surface area contributed by atoms with Crippen molar-refractivity contribution in [1.29, 1.82) is 0 Å². The molecule has 52 heavy (non-hydrogen) atoms. The van der Waals surface area contributed by atoms with Crippen molar-refractivity contribution in [3.05, 3.63) is 24.3 Å². The molecule has 0 amide bonds. The van der Waals surface area contributed by atoms with Crippen LogP contribution < -0.4 is 0 Å². The number of carboxylic acid groups (broad SMARTS) is 2. The fourth-order valence-corrected chi connectivity index (χ4v) is 5.22. The molecule has 16 heteroatoms. The number of carboxylic acids is 2. The third-order valence-corrected chi connectivity index (χ3v) is 13.2. The van der Waals surface area contributed by atoms with E-state index in [-0.39, 0.29) is 42.8 Å². The minimum absolute atomic E-state index is 0.0276. The van der Waals surface area contributed by atoms with Crippen molar-refractivity contribution in [2.75, 3.05) is 19.1 Å². The molecule has 0 aromatic heterocycles. The normalized spacial score (nSPS) is 16.7. The quantitative estimate of drug-likeness (QED) is 0.133. The van der Waals surface area contributed by atoms with Gasteiger partial charge >= 0.3 is 29.8 Å². The van der Waals surface area contributed by atoms with Crippen molar-refractivity contribution in [3.8, 4) is 0 Å². The average molecular weight is 781 g/mol. The molecule has 0 radical (unpaired) electrons. The second kappa shape index (κ2) is 22.7. The van der Waals surface area contributed by atoms with Crippen molar-refractivity contribution in [2.24, 2.45) is 0 Å². The van der Waals surface area contributed by atoms with E-state index in [9.17, 15) is 40.8 Å². The number of esters is 3. The van der Waals surface area contributed by atoms with E-state index in [2.05, 4.69) is 13.2 Å². The van der Waals surface area contributed by atoms with Crippen molar-refractivity contribution in [1.82, 2.24) is 0 Å². The highest BCUT2D eigenvalue weighted by molar-refractivity contribution is 7.92. The summed E-state index contributed by atoms with van der Waals surface area (Å²) in [5.74, 6) is -4.20. The van der Waals surface area contributed by atoms with Gasteiger partial charge in [-0.2, -0.15) is 0 Å². The lowest BCUT2D eigenvalue weighted by atomic mass is 9.98. The summed E-state index contributed by atoms with van der Waals surface area (Å²) in [6.45, 7) is 11.9. The SMILES string of the molecule is C=C(CC(=O)OC1CCCCCCC1)C(=O)O.C=C(CC(=O)OC1CCCCCCC1)C(=O)OCC(C)(C)S(C)(=O)=O.CC(C)(C(=O)O)S(C)(=O)=O. The van der Waals surface area contributed by atoms with E-state index >= 15 is 0 Å². The van der Waals surface area contributed by atoms with Crippen molar-refractivity contribution < 1.29 is 65.2 Å². The van der Waals surface area contributed by atoms with Crippen LogP contribution in [-0.4, -0.2) is 97.7 Å². The monoisotopic (exact) mass is 780 g/mol. The largest absolute Gasteiger partial charge is 0.480 e. The molecule has 14 nitrogen and oxygen atoms in total. The maximum atomic E-state index is 12.0. The van der Waals surface area contributed by atoms with Crippen LogP contribution in [0.2, 0.25) is 0 Å². The number of hydrogen-bond donors (Lipinski definition) is 2. The summed E-state index contributed by atoms with van der Waals surface area (Å²) in [4.78, 5) is 56.2. The lowest BCUT2D eigenvalue weighted by molar-refractivity contribution is -0.151. The van der Waals surface area contributed by atoms with Crippen LogP contribution in [-0.2, 0) is 57.9 Å². The highest BCUT2D eigenvalue weighted by Gasteiger charge is 2.38. The highest BCUT2D eigenvalue weighted by Crippen LogP contribution is 2.22. The first kappa shape index (κ1) is 48.7. The number of carbonyl (C=O) groups excluding carboxylic acids is 3. The first-order chi connectivity index (χ1) is 23.8. The van der Waals surface area contributed by atoms with Crippen LogP contribution >= 0.6 is 0 Å². The molecule has 0 aromatic rings. The van der Waals surface area contributed by atoms with E-state index in [1.54, 1.807) is 0 Å². The van der Waals surface area contributed by atoms with E-state index in [0.29, 0.717) is 0 Å². The van der Waals surface area contributed by atoms with Crippen LogP contribution in [0.4, 0.5) is 0 Å². The van der Waals surface area contributed by atoms with Crippen LogP contribution in [0.3, 0.4) is 0 Å². The van der Waals surface area contributed by atoms with Gasteiger partial charge in [0.1, 0.15) is 23.6 Å². The summed E-state index contributed by atoms with van der Waals surface area (Å²) in [5, 5.41) is 17.0. The maximum absolute atomic E-state index is 12.0. The van der Waals surface area contributed by atoms with Crippen LogP contribution in [0.5, 0.6) is 0 Å². The van der Waals surface area contributed by atoms with E-state index in [1.165, 1.54) is 39.5 Å². The average Bonchev–Trinajstić information content (AvgIpc) is 2.97. The number of ether oxygens (including phenoxy) is 3. The number of carbonyl (C=O) groups is 5. The Morgan fingerprint density at radius 2 is 0.962 bits per heavy atom. The van der Waals surface area contributed by atoms with Gasteiger partial charge in [0, 0.05) is 23.7 Å². The zero-order valence-corrected chi connectivity index (χ0v) is 33.3. The maximum Gasteiger partial charge on any atom is 0.334 e. The summed E-state index contributed by atoms with van der Waals surface area (Å²) >= 11 is 0. The van der Waals surface area contributed by atoms with Gasteiger partial charge in [-0.3, -0.25) is 14.4 Å². The number of hydrogen-bond acceptors (Lipinski definition) is 12. The molecule has 0 aromatic carbocycles. The fraction of sp³-hybridized carbons (Fsp3) is 0.750. The van der Waals surface area contributed by atoms with Crippen LogP contribution in [0.1, 0.15) is 130 Å². The topological polar surface area (TPSA) is 222 Å². The van der Waals surface area contributed by atoms with Crippen LogP contribution in [0.15, 0.2) is 24.3 Å². The second-order valence-electron chi connectivity index (χ2n) is 14.5. The zero-order valence-electron chi connectivity index (χ0n) is 31.7. The third kappa shape index (κ3) is 19.5. The predicted octanol–water partition coefficient (Wildman–Crippen LogP) is 5.52. The van der Waals surface area contributed by atoms with Gasteiger partial charge in [-0.1, -0.05) is 51.7 Å². The fourth-order valence-electron chi connectivity index (χ4n) is 4.63. The van der Waals surface area contributed by atoms with Gasteiger partial charge in [0.05, 0.1) is 12.8 Å². The molecule has 2 rings (SSSR count). The third-order valence-electron chi connectivity index (χ3n) is 9.00. The molecular formula is C36H60O14S2. The van der Waals surface area contributed by atoms with Crippen molar-refractivity contribution in [3.63, 3.8) is 0 Å². The lowest BCUT2D eigenvalue weighted by Gasteiger charge is -2.22. The molecule has 2 N–H and O–H groups in total. The van der Waals surface area contributed by atoms with Crippen LogP contribution in [0, 0.1) is 0 Å². The summed E-state index contributed by atoms with van der Waals surface area (Å²) in [5.41, 5.74) is -0.138. The van der Waals surface area contributed by atoms with E-state index < -0.39 is 59.0 Å². The van der Waals surface area contributed by atoms with Gasteiger partial charge < -0.3 is 24.4 Å². The Morgan fingerprint density at radius 3 is 1.25 bits per heavy atom. The summed E-state index contributed by atoms with van der Waals surface area (Å²) < 4.78 is 57.5. The molecule has 0 atom stereocenters. The molecule has 300 valence electrons. The minimum atomic E-state index is -3.50. The van der Waals surface area contributed by atoms with Gasteiger partial charge in [0.25, 0.3) is 0 Å². The first-order valence-corrected chi connectivity index (χ1v) is 21.4. The van der Waals surface area contributed by atoms with Gasteiger partial charge in [-0.25, -0.2) is 26.4 Å². The molecule has 2 fully saturated rings. The molecule has 0 bridgehead atoms. The Labute approximate surface area is 309 Å². The Kier molecular flexibility index (Phi) is 21.3. The predicted molar refractivity (Wildman–Crippen MR) is 196 cm³/mol. The zero-order chi connectivity index (χ0) is 40.3. The van der Waals surface area contributed by atoms with E-state index in [4.69, 9.17) is 24.4 Å². The molecule has 0 unspecified atom stereocenters. The molecule has 0 aliphatic heterocycles. The highest BCUT2D eigenvalue weighted by atomic mass is 32.2. The Bertz CT molecular complexity index is 1440. The molecule has 0 heterocycles. The van der Waals surface area contributed by atoms with Crippen molar-refractivity contribution >= 4 is 49.5 Å². The number of sulfone groups is 2.